The van der Waals surface area contributed by atoms with Gasteiger partial charge in [0.15, 0.2) is 4.47 Å². The van der Waals surface area contributed by atoms with Crippen molar-refractivity contribution in [1.29, 1.82) is 0 Å². The molecule has 0 saturated carbocycles. The normalized spacial score (nSPS) is 10.1. The van der Waals surface area contributed by atoms with Gasteiger partial charge in [-0.2, -0.15) is 0 Å². The van der Waals surface area contributed by atoms with Gasteiger partial charge in [0.1, 0.15) is 0 Å². The van der Waals surface area contributed by atoms with Gasteiger partial charge in [-0.25, -0.2) is 4.98 Å². The predicted octanol–water partition coefficient (Wildman–Crippen LogP) is 3.26. The van der Waals surface area contributed by atoms with Crippen LogP contribution in [0.5, 0.6) is 0 Å². The Balaban J connectivity index is 2.45. The van der Waals surface area contributed by atoms with Crippen LogP contribution >= 0.6 is 22.9 Å². The Kier molecular flexibility index (Phi) is 2.11. The summed E-state index contributed by atoms with van der Waals surface area (Å²) in [6.45, 7) is 0. The smallest absolute Gasteiger partial charge is 0.184 e. The predicted molar refractivity (Wildman–Crippen MR) is 51.4 cm³/mol. The third-order valence-electron chi connectivity index (χ3n) is 1.48. The van der Waals surface area contributed by atoms with Crippen molar-refractivity contribution < 1.29 is 0 Å². The molecule has 0 aliphatic carbocycles. The van der Waals surface area contributed by atoms with Crippen LogP contribution in [0.2, 0.25) is 4.47 Å². The topological polar surface area (TPSA) is 12.9 Å². The first-order valence-corrected chi connectivity index (χ1v) is 4.65. The second kappa shape index (κ2) is 3.25. The molecule has 0 aliphatic rings. The molecule has 1 radical (unpaired) electrons. The van der Waals surface area contributed by atoms with Gasteiger partial charge in [-0.3, -0.25) is 0 Å². The number of rotatable bonds is 1. The molecule has 12 heavy (non-hydrogen) atoms. The zero-order chi connectivity index (χ0) is 8.39. The van der Waals surface area contributed by atoms with Gasteiger partial charge in [0.2, 0.25) is 0 Å². The van der Waals surface area contributed by atoms with Crippen LogP contribution in [0, 0.1) is 5.38 Å². The van der Waals surface area contributed by atoms with E-state index in [1.165, 1.54) is 11.3 Å². The van der Waals surface area contributed by atoms with E-state index in [0.29, 0.717) is 4.47 Å². The van der Waals surface area contributed by atoms with Gasteiger partial charge in [0.05, 0.1) is 11.1 Å². The Morgan fingerprint density at radius 3 is 2.58 bits per heavy atom. The Hall–Kier alpha value is -0.860. The van der Waals surface area contributed by atoms with Gasteiger partial charge in [-0.05, 0) is 0 Å². The van der Waals surface area contributed by atoms with Gasteiger partial charge in [0.25, 0.3) is 0 Å². The molecule has 2 aromatic rings. The lowest BCUT2D eigenvalue weighted by molar-refractivity contribution is 1.41. The van der Waals surface area contributed by atoms with E-state index in [0.717, 1.165) is 11.3 Å². The van der Waals surface area contributed by atoms with E-state index < -0.39 is 0 Å². The fourth-order valence-electron chi connectivity index (χ4n) is 0.943. The molecule has 0 fully saturated rings. The van der Waals surface area contributed by atoms with E-state index >= 15 is 0 Å². The van der Waals surface area contributed by atoms with Crippen LogP contribution in [0.15, 0.2) is 30.3 Å². The van der Waals surface area contributed by atoms with E-state index in [1.807, 2.05) is 30.3 Å². The monoisotopic (exact) mass is 194 g/mol. The highest BCUT2D eigenvalue weighted by Gasteiger charge is 2.01. The van der Waals surface area contributed by atoms with Crippen LogP contribution in [-0.4, -0.2) is 4.98 Å². The Morgan fingerprint density at radius 2 is 2.00 bits per heavy atom. The summed E-state index contributed by atoms with van der Waals surface area (Å²) < 4.78 is 0.536. The van der Waals surface area contributed by atoms with Gasteiger partial charge >= 0.3 is 0 Å². The lowest BCUT2D eigenvalue weighted by Gasteiger charge is -1.92. The number of hydrogen-bond donors (Lipinski definition) is 0. The van der Waals surface area contributed by atoms with Crippen molar-refractivity contribution in [2.24, 2.45) is 0 Å². The molecule has 3 heteroatoms. The third kappa shape index (κ3) is 1.49. The maximum atomic E-state index is 5.69. The van der Waals surface area contributed by atoms with Crippen molar-refractivity contribution in [3.8, 4) is 11.3 Å². The van der Waals surface area contributed by atoms with Crippen molar-refractivity contribution in [3.05, 3.63) is 40.2 Å². The maximum absolute atomic E-state index is 5.69. The van der Waals surface area contributed by atoms with E-state index in [4.69, 9.17) is 11.6 Å². The van der Waals surface area contributed by atoms with Gasteiger partial charge in [0, 0.05) is 5.56 Å². The number of nitrogens with zero attached hydrogens (tertiary/aromatic N) is 1. The van der Waals surface area contributed by atoms with Crippen LogP contribution in [-0.2, 0) is 0 Å². The van der Waals surface area contributed by atoms with Gasteiger partial charge in [-0.1, -0.05) is 41.9 Å². The molecule has 0 bridgehead atoms. The molecule has 0 atom stereocenters. The molecule has 0 aliphatic heterocycles. The average molecular weight is 195 g/mol. The molecule has 1 aromatic heterocycles. The van der Waals surface area contributed by atoms with Crippen LogP contribution in [0.1, 0.15) is 0 Å². The van der Waals surface area contributed by atoms with E-state index in [-0.39, 0.29) is 0 Å². The molecular weight excluding hydrogens is 190 g/mol. The van der Waals surface area contributed by atoms with Crippen molar-refractivity contribution >= 4 is 22.9 Å². The molecule has 59 valence electrons. The lowest BCUT2D eigenvalue weighted by atomic mass is 10.2. The van der Waals surface area contributed by atoms with Crippen LogP contribution in [0.25, 0.3) is 11.3 Å². The Morgan fingerprint density at radius 1 is 1.25 bits per heavy atom. The number of thiazole rings is 1. The highest BCUT2D eigenvalue weighted by atomic mass is 35.5. The standard InChI is InChI=1S/C9H5ClNS/c10-9-11-8(6-12-9)7-4-2-1-3-5-7/h1-5H. The van der Waals surface area contributed by atoms with Crippen LogP contribution in [0.4, 0.5) is 0 Å². The zero-order valence-corrected chi connectivity index (χ0v) is 7.69. The highest BCUT2D eigenvalue weighted by molar-refractivity contribution is 7.13. The number of halogens is 1. The Bertz CT molecular complexity index is 369. The molecular formula is C9H5ClNS. The largest absolute Gasteiger partial charge is 0.224 e. The van der Waals surface area contributed by atoms with Crippen molar-refractivity contribution in [3.63, 3.8) is 0 Å². The maximum Gasteiger partial charge on any atom is 0.184 e. The third-order valence-corrected chi connectivity index (χ3v) is 2.35. The summed E-state index contributed by atoms with van der Waals surface area (Å²) >= 11 is 7.02. The highest BCUT2D eigenvalue weighted by Crippen LogP contribution is 2.23. The molecule has 1 nitrogen and oxygen atoms in total. The summed E-state index contributed by atoms with van der Waals surface area (Å²) in [5.41, 5.74) is 1.88. The van der Waals surface area contributed by atoms with Crippen molar-refractivity contribution in [2.75, 3.05) is 0 Å². The molecule has 0 amide bonds. The first-order chi connectivity index (χ1) is 5.86. The summed E-state index contributed by atoms with van der Waals surface area (Å²) in [7, 11) is 0. The average Bonchev–Trinajstić information content (AvgIpc) is 2.54. The SMILES string of the molecule is Clc1nc(-c2ccccc2)[c]s1. The summed E-state index contributed by atoms with van der Waals surface area (Å²) in [6.07, 6.45) is 0. The number of benzene rings is 1. The summed E-state index contributed by atoms with van der Waals surface area (Å²) in [6, 6.07) is 9.88. The van der Waals surface area contributed by atoms with Crippen LogP contribution in [0.3, 0.4) is 0 Å². The summed E-state index contributed by atoms with van der Waals surface area (Å²) in [4.78, 5) is 4.11. The minimum atomic E-state index is 0.536. The second-order valence-corrected chi connectivity index (χ2v) is 3.66. The quantitative estimate of drug-likeness (QED) is 0.679. The van der Waals surface area contributed by atoms with Crippen molar-refractivity contribution in [2.45, 2.75) is 0 Å². The lowest BCUT2D eigenvalue weighted by Crippen LogP contribution is -1.74. The Labute approximate surface area is 79.7 Å². The summed E-state index contributed by atoms with van der Waals surface area (Å²) in [5, 5.41) is 3.02. The number of hydrogen-bond acceptors (Lipinski definition) is 2. The minimum Gasteiger partial charge on any atom is -0.224 e. The first-order valence-electron chi connectivity index (χ1n) is 3.46. The number of aromatic nitrogens is 1. The fraction of sp³-hybridized carbons (Fsp3) is 0. The van der Waals surface area contributed by atoms with Gasteiger partial charge in [-0.15, -0.1) is 11.3 Å². The van der Waals surface area contributed by atoms with E-state index in [2.05, 4.69) is 10.4 Å². The fourth-order valence-corrected chi connectivity index (χ4v) is 1.63. The molecule has 1 aromatic carbocycles. The molecule has 0 N–H and O–H groups in total. The van der Waals surface area contributed by atoms with Crippen molar-refractivity contribution in [1.82, 2.24) is 4.98 Å². The summed E-state index contributed by atoms with van der Waals surface area (Å²) in [5.74, 6) is 0. The van der Waals surface area contributed by atoms with Crippen LogP contribution < -0.4 is 0 Å². The first kappa shape index (κ1) is 7.77. The second-order valence-electron chi connectivity index (χ2n) is 2.28. The zero-order valence-electron chi connectivity index (χ0n) is 6.12. The molecule has 1 heterocycles. The van der Waals surface area contributed by atoms with E-state index in [9.17, 15) is 0 Å². The molecule has 2 rings (SSSR count). The van der Waals surface area contributed by atoms with E-state index in [1.54, 1.807) is 0 Å². The minimum absolute atomic E-state index is 0.536. The molecule has 0 saturated heterocycles. The van der Waals surface area contributed by atoms with Gasteiger partial charge < -0.3 is 0 Å². The molecule has 0 unspecified atom stereocenters. The molecule has 0 spiro atoms.